The number of carbonyl (C=O) groups excluding carboxylic acids is 1. The summed E-state index contributed by atoms with van der Waals surface area (Å²) in [5.74, 6) is -0.248. The van der Waals surface area contributed by atoms with Gasteiger partial charge in [-0.3, -0.25) is 9.59 Å². The Kier molecular flexibility index (Phi) is 5.42. The zero-order valence-electron chi connectivity index (χ0n) is 16.8. The predicted octanol–water partition coefficient (Wildman–Crippen LogP) is 5.65. The Hall–Kier alpha value is -3.37. The lowest BCUT2D eigenvalue weighted by Gasteiger charge is -2.25. The Bertz CT molecular complexity index is 1310. The number of rotatable bonds is 4. The Labute approximate surface area is 179 Å². The van der Waals surface area contributed by atoms with Crippen LogP contribution in [0.2, 0.25) is 5.02 Å². The minimum atomic E-state index is -0.248. The van der Waals surface area contributed by atoms with Crippen LogP contribution in [0.15, 0.2) is 77.6 Å². The lowest BCUT2D eigenvalue weighted by atomic mass is 10.1. The summed E-state index contributed by atoms with van der Waals surface area (Å²) in [4.78, 5) is 30.8. The van der Waals surface area contributed by atoms with Crippen molar-refractivity contribution in [3.05, 3.63) is 110 Å². The van der Waals surface area contributed by atoms with Crippen LogP contribution in [-0.2, 0) is 6.54 Å². The summed E-state index contributed by atoms with van der Waals surface area (Å²) >= 11 is 6.32. The molecule has 1 N–H and O–H groups in total. The second-order valence-corrected chi connectivity index (χ2v) is 7.78. The standard InChI is InChI=1S/C25H21ClN2O2/c1-16-11-12-17(2)23(13-16)28(25(30)20-8-4-5-9-21(20)26)15-19-14-18-7-3-6-10-22(18)27-24(19)29/h3-14H,15H2,1-2H3,(H,27,29). The Morgan fingerprint density at radius 3 is 2.50 bits per heavy atom. The smallest absolute Gasteiger partial charge is 0.260 e. The number of carbonyl (C=O) groups is 1. The number of nitrogens with one attached hydrogen (secondary N) is 1. The first kappa shape index (κ1) is 19.9. The maximum Gasteiger partial charge on any atom is 0.260 e. The average Bonchev–Trinajstić information content (AvgIpc) is 2.74. The third-order valence-corrected chi connectivity index (χ3v) is 5.49. The highest BCUT2D eigenvalue weighted by Crippen LogP contribution is 2.27. The number of fused-ring (bicyclic) bond motifs is 1. The SMILES string of the molecule is Cc1ccc(C)c(N(Cc2cc3ccccc3[nH]c2=O)C(=O)c2ccccc2Cl)c1. The second-order valence-electron chi connectivity index (χ2n) is 7.37. The maximum absolute atomic E-state index is 13.5. The predicted molar refractivity (Wildman–Crippen MR) is 122 cm³/mol. The molecule has 30 heavy (non-hydrogen) atoms. The van der Waals surface area contributed by atoms with E-state index in [2.05, 4.69) is 4.98 Å². The number of hydrogen-bond acceptors (Lipinski definition) is 2. The number of anilines is 1. The van der Waals surface area contributed by atoms with Crippen LogP contribution in [0.25, 0.3) is 10.9 Å². The number of nitrogens with zero attached hydrogens (tertiary/aromatic N) is 1. The fourth-order valence-corrected chi connectivity index (χ4v) is 3.75. The average molecular weight is 417 g/mol. The summed E-state index contributed by atoms with van der Waals surface area (Å²) in [6.45, 7) is 4.06. The van der Waals surface area contributed by atoms with Crippen LogP contribution in [0.5, 0.6) is 0 Å². The van der Waals surface area contributed by atoms with Gasteiger partial charge in [0.05, 0.1) is 17.1 Å². The molecular weight excluding hydrogens is 396 g/mol. The van der Waals surface area contributed by atoms with Crippen LogP contribution in [0, 0.1) is 13.8 Å². The van der Waals surface area contributed by atoms with Gasteiger partial charge in [-0.15, -0.1) is 0 Å². The molecule has 0 saturated carbocycles. The van der Waals surface area contributed by atoms with E-state index in [-0.39, 0.29) is 18.0 Å². The molecule has 5 heteroatoms. The van der Waals surface area contributed by atoms with Crippen molar-refractivity contribution in [1.29, 1.82) is 0 Å². The number of pyridine rings is 1. The molecule has 0 atom stereocenters. The Morgan fingerprint density at radius 1 is 0.967 bits per heavy atom. The molecule has 3 aromatic carbocycles. The summed E-state index contributed by atoms with van der Waals surface area (Å²) in [5, 5.41) is 1.29. The molecule has 1 amide bonds. The van der Waals surface area contributed by atoms with Crippen LogP contribution in [0.3, 0.4) is 0 Å². The van der Waals surface area contributed by atoms with Gasteiger partial charge in [0.15, 0.2) is 0 Å². The van der Waals surface area contributed by atoms with Crippen molar-refractivity contribution >= 4 is 34.1 Å². The molecule has 0 fully saturated rings. The van der Waals surface area contributed by atoms with Gasteiger partial charge in [0, 0.05) is 16.8 Å². The number of aromatic nitrogens is 1. The summed E-state index contributed by atoms with van der Waals surface area (Å²) in [6.07, 6.45) is 0. The van der Waals surface area contributed by atoms with Crippen LogP contribution < -0.4 is 10.5 Å². The van der Waals surface area contributed by atoms with E-state index >= 15 is 0 Å². The summed E-state index contributed by atoms with van der Waals surface area (Å²) in [6, 6.07) is 22.3. The molecule has 0 saturated heterocycles. The first-order valence-electron chi connectivity index (χ1n) is 9.68. The highest BCUT2D eigenvalue weighted by Gasteiger charge is 2.23. The van der Waals surface area contributed by atoms with Gasteiger partial charge in [0.25, 0.3) is 11.5 Å². The maximum atomic E-state index is 13.5. The fourth-order valence-electron chi connectivity index (χ4n) is 3.54. The molecule has 0 spiro atoms. The first-order valence-corrected chi connectivity index (χ1v) is 10.1. The molecule has 1 aromatic heterocycles. The number of benzene rings is 3. The van der Waals surface area contributed by atoms with Gasteiger partial charge < -0.3 is 9.88 Å². The van der Waals surface area contributed by atoms with E-state index in [9.17, 15) is 9.59 Å². The summed E-state index contributed by atoms with van der Waals surface area (Å²) in [5.41, 5.74) is 4.19. The Morgan fingerprint density at radius 2 is 1.70 bits per heavy atom. The van der Waals surface area contributed by atoms with E-state index in [1.807, 2.05) is 62.4 Å². The van der Waals surface area contributed by atoms with Gasteiger partial charge in [0.1, 0.15) is 0 Å². The van der Waals surface area contributed by atoms with E-state index in [0.717, 1.165) is 27.7 Å². The van der Waals surface area contributed by atoms with Crippen LogP contribution in [0.1, 0.15) is 27.0 Å². The highest BCUT2D eigenvalue weighted by atomic mass is 35.5. The van der Waals surface area contributed by atoms with Crippen LogP contribution in [-0.4, -0.2) is 10.9 Å². The van der Waals surface area contributed by atoms with Gasteiger partial charge in [-0.2, -0.15) is 0 Å². The molecule has 0 bridgehead atoms. The van der Waals surface area contributed by atoms with Crippen molar-refractivity contribution in [2.45, 2.75) is 20.4 Å². The first-order chi connectivity index (χ1) is 14.4. The van der Waals surface area contributed by atoms with Crippen molar-refractivity contribution in [1.82, 2.24) is 4.98 Å². The number of aryl methyl sites for hydroxylation is 2. The van der Waals surface area contributed by atoms with E-state index < -0.39 is 0 Å². The quantitative estimate of drug-likeness (QED) is 0.467. The molecule has 1 heterocycles. The van der Waals surface area contributed by atoms with Crippen molar-refractivity contribution in [2.75, 3.05) is 4.90 Å². The van der Waals surface area contributed by atoms with Gasteiger partial charge in [0.2, 0.25) is 0 Å². The lowest BCUT2D eigenvalue weighted by Crippen LogP contribution is -2.33. The molecule has 0 aliphatic rings. The van der Waals surface area contributed by atoms with E-state index in [1.165, 1.54) is 0 Å². The van der Waals surface area contributed by atoms with Crippen molar-refractivity contribution < 1.29 is 4.79 Å². The van der Waals surface area contributed by atoms with Gasteiger partial charge in [-0.05, 0) is 60.7 Å². The van der Waals surface area contributed by atoms with Crippen LogP contribution >= 0.6 is 11.6 Å². The van der Waals surface area contributed by atoms with E-state index in [4.69, 9.17) is 11.6 Å². The van der Waals surface area contributed by atoms with E-state index in [1.54, 1.807) is 29.2 Å². The third kappa shape index (κ3) is 3.87. The number of para-hydroxylation sites is 1. The van der Waals surface area contributed by atoms with Crippen molar-refractivity contribution in [3.8, 4) is 0 Å². The topological polar surface area (TPSA) is 53.2 Å². The number of hydrogen-bond donors (Lipinski definition) is 1. The molecule has 0 aliphatic carbocycles. The van der Waals surface area contributed by atoms with Gasteiger partial charge in [-0.1, -0.05) is 54.1 Å². The number of amides is 1. The molecule has 0 aliphatic heterocycles. The van der Waals surface area contributed by atoms with Crippen molar-refractivity contribution in [3.63, 3.8) is 0 Å². The second kappa shape index (κ2) is 8.17. The minimum Gasteiger partial charge on any atom is -0.322 e. The Balaban J connectivity index is 1.85. The zero-order valence-corrected chi connectivity index (χ0v) is 17.5. The number of H-pyrrole nitrogens is 1. The molecule has 150 valence electrons. The molecule has 0 unspecified atom stereocenters. The monoisotopic (exact) mass is 416 g/mol. The van der Waals surface area contributed by atoms with Crippen LogP contribution in [0.4, 0.5) is 5.69 Å². The largest absolute Gasteiger partial charge is 0.322 e. The number of aromatic amines is 1. The molecule has 0 radical (unpaired) electrons. The normalized spacial score (nSPS) is 10.9. The summed E-state index contributed by atoms with van der Waals surface area (Å²) in [7, 11) is 0. The fraction of sp³-hybridized carbons (Fsp3) is 0.120. The van der Waals surface area contributed by atoms with Crippen molar-refractivity contribution in [2.24, 2.45) is 0 Å². The van der Waals surface area contributed by atoms with Gasteiger partial charge in [-0.25, -0.2) is 0 Å². The van der Waals surface area contributed by atoms with Gasteiger partial charge >= 0.3 is 0 Å². The summed E-state index contributed by atoms with van der Waals surface area (Å²) < 4.78 is 0. The number of halogens is 1. The van der Waals surface area contributed by atoms with E-state index in [0.29, 0.717) is 16.1 Å². The highest BCUT2D eigenvalue weighted by molar-refractivity contribution is 6.34. The molecule has 4 rings (SSSR count). The molecular formula is C25H21ClN2O2. The minimum absolute atomic E-state index is 0.133. The molecule has 4 aromatic rings. The third-order valence-electron chi connectivity index (χ3n) is 5.16. The zero-order chi connectivity index (χ0) is 21.3. The lowest BCUT2D eigenvalue weighted by molar-refractivity contribution is 0.0985. The molecule has 4 nitrogen and oxygen atoms in total.